The number of aryl methyl sites for hydroxylation is 2. The van der Waals surface area contributed by atoms with E-state index in [0.29, 0.717) is 23.0 Å². The fraction of sp³-hybridized carbons (Fsp3) is 0.429. The van der Waals surface area contributed by atoms with Gasteiger partial charge in [0.15, 0.2) is 0 Å². The van der Waals surface area contributed by atoms with Crippen LogP contribution in [-0.4, -0.2) is 41.2 Å². The second-order valence-electron chi connectivity index (χ2n) is 5.12. The Morgan fingerprint density at radius 1 is 1.57 bits per heavy atom. The zero-order valence-electron chi connectivity index (χ0n) is 12.6. The SMILES string of the molecule is Cc1nn(C)c(Cl)c1C(=O)NC[C@H](c1ccsc1)N(C)C. The van der Waals surface area contributed by atoms with Gasteiger partial charge in [0.2, 0.25) is 0 Å². The van der Waals surface area contributed by atoms with Gasteiger partial charge >= 0.3 is 0 Å². The Kier molecular flexibility index (Phi) is 5.03. The van der Waals surface area contributed by atoms with E-state index in [9.17, 15) is 4.79 Å². The quantitative estimate of drug-likeness (QED) is 0.918. The number of rotatable bonds is 5. The first-order chi connectivity index (χ1) is 9.91. The third-order valence-corrected chi connectivity index (χ3v) is 4.52. The topological polar surface area (TPSA) is 50.2 Å². The van der Waals surface area contributed by atoms with Gasteiger partial charge in [-0.25, -0.2) is 0 Å². The van der Waals surface area contributed by atoms with Gasteiger partial charge in [-0.05, 0) is 43.4 Å². The first-order valence-corrected chi connectivity index (χ1v) is 7.89. The molecule has 0 unspecified atom stereocenters. The summed E-state index contributed by atoms with van der Waals surface area (Å²) in [6.45, 7) is 2.30. The average Bonchev–Trinajstić information content (AvgIpc) is 2.99. The van der Waals surface area contributed by atoms with Crippen molar-refractivity contribution in [3.63, 3.8) is 0 Å². The van der Waals surface area contributed by atoms with Gasteiger partial charge < -0.3 is 10.2 Å². The lowest BCUT2D eigenvalue weighted by atomic mass is 10.1. The van der Waals surface area contributed by atoms with Crippen LogP contribution >= 0.6 is 22.9 Å². The maximum atomic E-state index is 12.3. The predicted octanol–water partition coefficient (Wildman–Crippen LogP) is 2.48. The number of carbonyl (C=O) groups excluding carboxylic acids is 1. The highest BCUT2D eigenvalue weighted by Crippen LogP contribution is 2.21. The van der Waals surface area contributed by atoms with Gasteiger partial charge in [0, 0.05) is 13.6 Å². The summed E-state index contributed by atoms with van der Waals surface area (Å²) >= 11 is 7.77. The van der Waals surface area contributed by atoms with Crippen LogP contribution in [-0.2, 0) is 7.05 Å². The summed E-state index contributed by atoms with van der Waals surface area (Å²) in [5.74, 6) is -0.187. The molecule has 0 spiro atoms. The fourth-order valence-electron chi connectivity index (χ4n) is 2.23. The third kappa shape index (κ3) is 3.45. The molecule has 0 bridgehead atoms. The maximum absolute atomic E-state index is 12.3. The minimum atomic E-state index is -0.187. The van der Waals surface area contributed by atoms with E-state index in [4.69, 9.17) is 11.6 Å². The van der Waals surface area contributed by atoms with Gasteiger partial charge in [0.25, 0.3) is 5.91 Å². The van der Waals surface area contributed by atoms with Crippen molar-refractivity contribution in [2.75, 3.05) is 20.6 Å². The highest BCUT2D eigenvalue weighted by molar-refractivity contribution is 7.07. The summed E-state index contributed by atoms with van der Waals surface area (Å²) < 4.78 is 1.51. The van der Waals surface area contributed by atoms with Crippen molar-refractivity contribution in [3.8, 4) is 0 Å². The lowest BCUT2D eigenvalue weighted by Gasteiger charge is -2.24. The number of hydrogen-bond acceptors (Lipinski definition) is 4. The van der Waals surface area contributed by atoms with Crippen LogP contribution in [0.2, 0.25) is 5.15 Å². The summed E-state index contributed by atoms with van der Waals surface area (Å²) in [5.41, 5.74) is 2.28. The van der Waals surface area contributed by atoms with E-state index in [2.05, 4.69) is 26.8 Å². The highest BCUT2D eigenvalue weighted by atomic mass is 35.5. The normalized spacial score (nSPS) is 12.7. The number of carbonyl (C=O) groups is 1. The number of halogens is 1. The van der Waals surface area contributed by atoms with Crippen molar-refractivity contribution < 1.29 is 4.79 Å². The number of aromatic nitrogens is 2. The molecule has 5 nitrogen and oxygen atoms in total. The summed E-state index contributed by atoms with van der Waals surface area (Å²) in [7, 11) is 5.72. The lowest BCUT2D eigenvalue weighted by Crippen LogP contribution is -2.34. The molecule has 0 saturated heterocycles. The first-order valence-electron chi connectivity index (χ1n) is 6.57. The van der Waals surface area contributed by atoms with Crippen LogP contribution in [0.3, 0.4) is 0 Å². The Balaban J connectivity index is 2.09. The zero-order chi connectivity index (χ0) is 15.6. The molecule has 2 aromatic rings. The van der Waals surface area contributed by atoms with Crippen molar-refractivity contribution in [2.24, 2.45) is 7.05 Å². The fourth-order valence-corrected chi connectivity index (χ4v) is 3.20. The standard InChI is InChI=1S/C14H19ClN4OS/c1-9-12(13(15)19(4)17-9)14(20)16-7-11(18(2)3)10-5-6-21-8-10/h5-6,8,11H,7H2,1-4H3,(H,16,20)/t11-/m1/s1. The van der Waals surface area contributed by atoms with E-state index >= 15 is 0 Å². The first kappa shape index (κ1) is 16.0. The summed E-state index contributed by atoms with van der Waals surface area (Å²) in [6, 6.07) is 2.21. The van der Waals surface area contributed by atoms with Gasteiger partial charge in [-0.1, -0.05) is 11.6 Å². The highest BCUT2D eigenvalue weighted by Gasteiger charge is 2.21. The smallest absolute Gasteiger partial charge is 0.256 e. The molecule has 7 heteroatoms. The van der Waals surface area contributed by atoms with Crippen molar-refractivity contribution in [2.45, 2.75) is 13.0 Å². The largest absolute Gasteiger partial charge is 0.350 e. The van der Waals surface area contributed by atoms with E-state index in [1.165, 1.54) is 10.2 Å². The Hall–Kier alpha value is -1.37. The monoisotopic (exact) mass is 326 g/mol. The lowest BCUT2D eigenvalue weighted by molar-refractivity contribution is 0.0941. The number of hydrogen-bond donors (Lipinski definition) is 1. The molecular weight excluding hydrogens is 308 g/mol. The molecule has 0 radical (unpaired) electrons. The molecule has 2 rings (SSSR count). The Morgan fingerprint density at radius 3 is 2.76 bits per heavy atom. The molecule has 0 fully saturated rings. The number of nitrogens with zero attached hydrogens (tertiary/aromatic N) is 3. The molecule has 2 heterocycles. The molecule has 21 heavy (non-hydrogen) atoms. The van der Waals surface area contributed by atoms with E-state index in [1.807, 2.05) is 19.5 Å². The summed E-state index contributed by atoms with van der Waals surface area (Å²) in [4.78, 5) is 14.4. The maximum Gasteiger partial charge on any atom is 0.256 e. The van der Waals surface area contributed by atoms with E-state index < -0.39 is 0 Å². The zero-order valence-corrected chi connectivity index (χ0v) is 14.1. The molecule has 1 amide bonds. The van der Waals surface area contributed by atoms with Gasteiger partial charge in [0.05, 0.1) is 17.3 Å². The minimum absolute atomic E-state index is 0.135. The molecule has 1 N–H and O–H groups in total. The second-order valence-corrected chi connectivity index (χ2v) is 6.26. The Bertz CT molecular complexity index is 621. The molecule has 0 aliphatic rings. The van der Waals surface area contributed by atoms with Crippen LogP contribution in [0.25, 0.3) is 0 Å². The van der Waals surface area contributed by atoms with Crippen LogP contribution in [0.15, 0.2) is 16.8 Å². The number of likely N-dealkylation sites (N-methyl/N-ethyl adjacent to an activating group) is 1. The minimum Gasteiger partial charge on any atom is -0.350 e. The van der Waals surface area contributed by atoms with Crippen LogP contribution in [0, 0.1) is 6.92 Å². The molecule has 0 aliphatic heterocycles. The Morgan fingerprint density at radius 2 is 2.29 bits per heavy atom. The van der Waals surface area contributed by atoms with Crippen LogP contribution in [0.4, 0.5) is 0 Å². The Labute approximate surface area is 133 Å². The van der Waals surface area contributed by atoms with E-state index in [1.54, 1.807) is 25.3 Å². The molecular formula is C14H19ClN4OS. The van der Waals surface area contributed by atoms with E-state index in [0.717, 1.165) is 0 Å². The number of amides is 1. The van der Waals surface area contributed by atoms with Crippen molar-refractivity contribution in [1.29, 1.82) is 0 Å². The van der Waals surface area contributed by atoms with Crippen LogP contribution < -0.4 is 5.32 Å². The predicted molar refractivity (Wildman–Crippen MR) is 86.0 cm³/mol. The van der Waals surface area contributed by atoms with Crippen molar-refractivity contribution in [1.82, 2.24) is 20.0 Å². The second kappa shape index (κ2) is 6.60. The van der Waals surface area contributed by atoms with Gasteiger partial charge in [-0.15, -0.1) is 0 Å². The van der Waals surface area contributed by atoms with Crippen LogP contribution in [0.5, 0.6) is 0 Å². The molecule has 2 aromatic heterocycles. The molecule has 1 atom stereocenters. The molecule has 0 saturated carbocycles. The number of thiophene rings is 1. The van der Waals surface area contributed by atoms with Gasteiger partial charge in [-0.2, -0.15) is 16.4 Å². The number of nitrogens with one attached hydrogen (secondary N) is 1. The average molecular weight is 327 g/mol. The molecule has 0 aromatic carbocycles. The summed E-state index contributed by atoms with van der Waals surface area (Å²) in [6.07, 6.45) is 0. The van der Waals surface area contributed by atoms with Crippen molar-refractivity contribution >= 4 is 28.8 Å². The van der Waals surface area contributed by atoms with E-state index in [-0.39, 0.29) is 11.9 Å². The summed E-state index contributed by atoms with van der Waals surface area (Å²) in [5, 5.41) is 11.6. The molecule has 114 valence electrons. The molecule has 0 aliphatic carbocycles. The third-order valence-electron chi connectivity index (χ3n) is 3.39. The van der Waals surface area contributed by atoms with Crippen LogP contribution in [0.1, 0.15) is 27.7 Å². The van der Waals surface area contributed by atoms with Gasteiger partial charge in [0.1, 0.15) is 5.15 Å². The van der Waals surface area contributed by atoms with Crippen molar-refractivity contribution in [3.05, 3.63) is 38.8 Å². The van der Waals surface area contributed by atoms with Gasteiger partial charge in [-0.3, -0.25) is 9.48 Å².